The number of alkyl halides is 8. The van der Waals surface area contributed by atoms with E-state index in [-0.39, 0.29) is 36.9 Å². The van der Waals surface area contributed by atoms with Crippen molar-refractivity contribution in [3.05, 3.63) is 93.0 Å². The molecule has 4 N–H and O–H groups in total. The molecule has 0 bridgehead atoms. The predicted octanol–water partition coefficient (Wildman–Crippen LogP) is 6.94. The lowest BCUT2D eigenvalue weighted by atomic mass is 9.93. The summed E-state index contributed by atoms with van der Waals surface area (Å²) < 4.78 is 208. The van der Waals surface area contributed by atoms with E-state index in [2.05, 4.69) is 32.3 Å². The Balaban J connectivity index is 1.48. The maximum Gasteiger partial charge on any atom is 0.435 e. The summed E-state index contributed by atoms with van der Waals surface area (Å²) in [5, 5.41) is 10.3. The van der Waals surface area contributed by atoms with Gasteiger partial charge in [0.05, 0.1) is 40.1 Å². The number of nitrogens with one attached hydrogen (secondary N) is 2. The topological polar surface area (TPSA) is 236 Å². The number of hydrogen-bond acceptors (Lipinski definition) is 10. The number of sulfonamides is 1. The van der Waals surface area contributed by atoms with Crippen LogP contribution in [-0.4, -0.2) is 99.2 Å². The summed E-state index contributed by atoms with van der Waals surface area (Å²) in [5.74, 6) is -6.36. The molecule has 3 heterocycles. The number of fused-ring (bicyclic) bond motifs is 4. The van der Waals surface area contributed by atoms with Gasteiger partial charge in [-0.1, -0.05) is 23.6 Å². The van der Waals surface area contributed by atoms with E-state index in [0.717, 1.165) is 42.7 Å². The molecule has 0 radical (unpaired) electrons. The number of aromatic nitrogens is 5. The molecule has 2 aliphatic carbocycles. The van der Waals surface area contributed by atoms with Gasteiger partial charge in [-0.2, -0.15) is 49.6 Å². The zero-order valence-corrected chi connectivity index (χ0v) is 41.2. The molecule has 5 aromatic rings. The highest BCUT2D eigenvalue weighted by atomic mass is 35.5. The van der Waals surface area contributed by atoms with Crippen LogP contribution in [0, 0.1) is 29.4 Å². The molecule has 3 amide bonds. The average molecular weight is 1120 g/mol. The van der Waals surface area contributed by atoms with Crippen LogP contribution in [0.3, 0.4) is 0 Å². The van der Waals surface area contributed by atoms with Gasteiger partial charge in [0.2, 0.25) is 15.9 Å². The molecule has 0 saturated heterocycles. The molecule has 0 spiro atoms. The van der Waals surface area contributed by atoms with Crippen LogP contribution in [-0.2, 0) is 60.8 Å². The van der Waals surface area contributed by atoms with E-state index < -0.39 is 174 Å². The third-order valence-electron chi connectivity index (χ3n) is 11.7. The van der Waals surface area contributed by atoms with Crippen LogP contribution >= 0.6 is 19.2 Å². The second-order valence-corrected chi connectivity index (χ2v) is 24.2. The summed E-state index contributed by atoms with van der Waals surface area (Å²) in [7, 11) is -13.7. The minimum Gasteiger partial charge on any atom is -0.346 e. The first-order valence-corrected chi connectivity index (χ1v) is 26.9. The van der Waals surface area contributed by atoms with Crippen molar-refractivity contribution in [1.82, 2.24) is 35.2 Å². The van der Waals surface area contributed by atoms with Gasteiger partial charge in [-0.3, -0.25) is 18.7 Å². The Labute approximate surface area is 412 Å². The molecule has 73 heavy (non-hydrogen) atoms. The molecule has 0 unspecified atom stereocenters. The number of anilines is 1. The van der Waals surface area contributed by atoms with E-state index in [1.165, 1.54) is 13.8 Å². The summed E-state index contributed by atoms with van der Waals surface area (Å²) in [6.45, 7) is -1.82. The monoisotopic (exact) mass is 1120 g/mol. The summed E-state index contributed by atoms with van der Waals surface area (Å²) in [6, 6.07) is 2.76. The zero-order chi connectivity index (χ0) is 54.3. The van der Waals surface area contributed by atoms with Gasteiger partial charge in [0.1, 0.15) is 40.9 Å². The summed E-state index contributed by atoms with van der Waals surface area (Å²) >= 11 is 6.57. The number of nitrogens with zero attached hydrogens (tertiary/aromatic N) is 6. The number of sulfone groups is 1. The number of urea groups is 1. The second kappa shape index (κ2) is 18.9. The Morgan fingerprint density at radius 2 is 1.60 bits per heavy atom. The van der Waals surface area contributed by atoms with Gasteiger partial charge in [-0.05, 0) is 74.4 Å². The highest BCUT2D eigenvalue weighted by Crippen LogP contribution is 2.68. The molecule has 31 heteroatoms. The number of carbonyl (C=O) groups excluding carboxylic acids is 2. The molecule has 1 fully saturated rings. The molecule has 3 aromatic heterocycles. The number of halogens is 11. The van der Waals surface area contributed by atoms with Crippen molar-refractivity contribution in [3.8, 4) is 23.0 Å². The normalized spacial score (nSPS) is 17.1. The van der Waals surface area contributed by atoms with Crippen LogP contribution < -0.4 is 14.9 Å². The number of hydrogen-bond donors (Lipinski definition) is 4. The SMILES string of the molecule is CC(C)(C#Cc1ccc(-c2ccc(Cl)c3c(N(C(=O)NCCP(=O)(O)O)S(C)(=O)=O)nn(CC(F)(F)F)c23)c([C@H](Cc2cc(F)cc(F)c2)NC(=O)Cn2nc(C(F)(F)F)c3c2C(F)(F)[C@@H]2C[C@H]32)n1)S(C)(=O)=O. The average Bonchev–Trinajstić information content (AvgIpc) is 3.73. The van der Waals surface area contributed by atoms with Crippen molar-refractivity contribution in [2.24, 2.45) is 5.92 Å². The van der Waals surface area contributed by atoms with E-state index in [9.17, 15) is 75.9 Å². The number of carbonyl (C=O) groups is 2. The third-order valence-corrected chi connectivity index (χ3v) is 15.8. The van der Waals surface area contributed by atoms with Crippen LogP contribution in [0.1, 0.15) is 66.1 Å². The first-order chi connectivity index (χ1) is 33.4. The Bertz CT molecular complexity index is 3420. The van der Waals surface area contributed by atoms with E-state index in [1.807, 2.05) is 5.32 Å². The molecule has 2 aromatic carbocycles. The molecule has 0 aliphatic heterocycles. The van der Waals surface area contributed by atoms with Gasteiger partial charge >= 0.3 is 26.0 Å². The highest BCUT2D eigenvalue weighted by Gasteiger charge is 2.68. The maximum atomic E-state index is 15.6. The Morgan fingerprint density at radius 3 is 2.18 bits per heavy atom. The maximum absolute atomic E-state index is 15.6. The standard InChI is InChI=1S/C42H38ClF10N8O9PS2/c1-39(2,72(3,67)68)10-9-23-5-6-24(25-7-8-28(43)32-34(25)60(19-40(46,47)48)58-37(32)61(73(4,69)70)38(63)54-11-12-71(64,65)66)33(55-23)29(15-20-13-21(44)16-22(45)14-20)56-30(62)18-59-36-31(35(57-59)42(51,52)53)26-17-27(26)41(36,49)50/h5-8,13-14,16,26-27,29H,11-12,15,17-19H2,1-4H3,(H,54,63)(H,56,62)(H2,64,65,66)/t26-,27+,29-/m0/s1. The largest absolute Gasteiger partial charge is 0.435 e. The first kappa shape index (κ1) is 55.0. The van der Waals surface area contributed by atoms with Crippen molar-refractivity contribution in [2.45, 2.75) is 74.8 Å². The number of benzene rings is 2. The quantitative estimate of drug-likeness (QED) is 0.0503. The second-order valence-electron chi connectivity index (χ2n) is 17.7. The Hall–Kier alpha value is -5.79. The molecule has 17 nitrogen and oxygen atoms in total. The lowest BCUT2D eigenvalue weighted by Gasteiger charge is -2.23. The van der Waals surface area contributed by atoms with Crippen molar-refractivity contribution >= 4 is 67.7 Å². The Kier molecular flexibility index (Phi) is 14.2. The number of rotatable bonds is 14. The minimum atomic E-state index is -5.24. The molecule has 1 saturated carbocycles. The number of pyridine rings is 1. The molecular weight excluding hydrogens is 1080 g/mol. The number of amides is 3. The van der Waals surface area contributed by atoms with Gasteiger partial charge in [0.15, 0.2) is 21.3 Å². The van der Waals surface area contributed by atoms with Gasteiger partial charge in [0.25, 0.3) is 5.92 Å². The fraction of sp³-hybridized carbons (Fsp3) is 0.405. The molecule has 7 rings (SSSR count). The van der Waals surface area contributed by atoms with Crippen molar-refractivity contribution in [2.75, 3.05) is 29.5 Å². The lowest BCUT2D eigenvalue weighted by Crippen LogP contribution is -2.44. The molecule has 2 aliphatic rings. The van der Waals surface area contributed by atoms with Crippen LogP contribution in [0.25, 0.3) is 22.0 Å². The molecule has 3 atom stereocenters. The third kappa shape index (κ3) is 11.6. The van der Waals surface area contributed by atoms with Crippen LogP contribution in [0.15, 0.2) is 42.5 Å². The van der Waals surface area contributed by atoms with Crippen molar-refractivity contribution in [3.63, 3.8) is 0 Å². The summed E-state index contributed by atoms with van der Waals surface area (Å²) in [4.78, 5) is 50.7. The summed E-state index contributed by atoms with van der Waals surface area (Å²) in [5.41, 5.74) is -6.30. The van der Waals surface area contributed by atoms with Crippen molar-refractivity contribution < 1.29 is 84.7 Å². The van der Waals surface area contributed by atoms with E-state index in [4.69, 9.17) is 11.6 Å². The van der Waals surface area contributed by atoms with Crippen LogP contribution in [0.2, 0.25) is 5.02 Å². The van der Waals surface area contributed by atoms with Gasteiger partial charge in [0, 0.05) is 41.5 Å². The fourth-order valence-corrected chi connectivity index (χ4v) is 9.87. The smallest absolute Gasteiger partial charge is 0.346 e. The lowest BCUT2D eigenvalue weighted by molar-refractivity contribution is -0.143. The van der Waals surface area contributed by atoms with Crippen LogP contribution in [0.4, 0.5) is 54.5 Å². The summed E-state index contributed by atoms with van der Waals surface area (Å²) in [6.07, 6.45) is -11.2. The van der Waals surface area contributed by atoms with E-state index in [1.54, 1.807) is 0 Å². The fourth-order valence-electron chi connectivity index (χ4n) is 8.18. The molecular formula is C42H38ClF10N8O9PS2. The minimum absolute atomic E-state index is 0.135. The molecule has 394 valence electrons. The predicted molar refractivity (Wildman–Crippen MR) is 240 cm³/mol. The van der Waals surface area contributed by atoms with Gasteiger partial charge < -0.3 is 20.4 Å². The highest BCUT2D eigenvalue weighted by molar-refractivity contribution is 7.93. The van der Waals surface area contributed by atoms with Crippen LogP contribution in [0.5, 0.6) is 0 Å². The van der Waals surface area contributed by atoms with Crippen molar-refractivity contribution in [1.29, 1.82) is 0 Å². The van der Waals surface area contributed by atoms with E-state index >= 15 is 8.78 Å². The van der Waals surface area contributed by atoms with Gasteiger partial charge in [-0.25, -0.2) is 35.4 Å². The van der Waals surface area contributed by atoms with Gasteiger partial charge in [-0.15, -0.1) is 0 Å². The zero-order valence-electron chi connectivity index (χ0n) is 37.9. The first-order valence-electron chi connectivity index (χ1n) is 21.0. The van der Waals surface area contributed by atoms with E-state index in [0.29, 0.717) is 12.3 Å². The Morgan fingerprint density at radius 1 is 0.973 bits per heavy atom.